The Bertz CT molecular complexity index is 941. The number of benzene rings is 1. The van der Waals surface area contributed by atoms with Crippen LogP contribution in [0.25, 0.3) is 16.9 Å². The lowest BCUT2D eigenvalue weighted by atomic mass is 10.1. The second kappa shape index (κ2) is 5.88. The van der Waals surface area contributed by atoms with E-state index in [1.165, 1.54) is 23.7 Å². The minimum absolute atomic E-state index is 0.0707. The summed E-state index contributed by atoms with van der Waals surface area (Å²) in [6, 6.07) is 10.6. The minimum Gasteiger partial charge on any atom is -0.345 e. The third-order valence-corrected chi connectivity index (χ3v) is 3.31. The summed E-state index contributed by atoms with van der Waals surface area (Å²) >= 11 is 0. The molecule has 0 atom stereocenters. The van der Waals surface area contributed by atoms with E-state index in [4.69, 9.17) is 0 Å². The van der Waals surface area contributed by atoms with Gasteiger partial charge in [-0.2, -0.15) is 0 Å². The Balaban J connectivity index is 2.08. The van der Waals surface area contributed by atoms with E-state index in [1.807, 2.05) is 30.3 Å². The average Bonchev–Trinajstić information content (AvgIpc) is 2.98. The number of hydrogen-bond acceptors (Lipinski definition) is 4. The lowest BCUT2D eigenvalue weighted by Crippen LogP contribution is -2.28. The Morgan fingerprint density at radius 1 is 1.26 bits per heavy atom. The van der Waals surface area contributed by atoms with Crippen molar-refractivity contribution in [2.75, 3.05) is 6.54 Å². The molecular formula is C16H14N4O3. The first-order valence-electron chi connectivity index (χ1n) is 7.00. The fourth-order valence-corrected chi connectivity index (χ4v) is 2.21. The van der Waals surface area contributed by atoms with Crippen molar-refractivity contribution >= 4 is 17.3 Å². The molecular weight excluding hydrogens is 296 g/mol. The van der Waals surface area contributed by atoms with Gasteiger partial charge in [0.2, 0.25) is 0 Å². The monoisotopic (exact) mass is 310 g/mol. The van der Waals surface area contributed by atoms with Gasteiger partial charge in [0.15, 0.2) is 5.65 Å². The Kier molecular flexibility index (Phi) is 3.76. The van der Waals surface area contributed by atoms with Crippen LogP contribution in [-0.4, -0.2) is 32.8 Å². The summed E-state index contributed by atoms with van der Waals surface area (Å²) < 4.78 is 1.19. The first-order chi connectivity index (χ1) is 11.1. The number of hydrogen-bond donors (Lipinski definition) is 2. The first kappa shape index (κ1) is 14.7. The van der Waals surface area contributed by atoms with Crippen molar-refractivity contribution in [1.82, 2.24) is 19.9 Å². The van der Waals surface area contributed by atoms with Crippen LogP contribution < -0.4 is 10.9 Å². The van der Waals surface area contributed by atoms with Gasteiger partial charge in [0, 0.05) is 17.8 Å². The lowest BCUT2D eigenvalue weighted by Gasteiger charge is -2.03. The van der Waals surface area contributed by atoms with Crippen molar-refractivity contribution in [2.24, 2.45) is 0 Å². The van der Waals surface area contributed by atoms with E-state index in [1.54, 1.807) is 0 Å². The van der Waals surface area contributed by atoms with Gasteiger partial charge in [-0.15, -0.1) is 0 Å². The largest absolute Gasteiger partial charge is 0.345 e. The predicted molar refractivity (Wildman–Crippen MR) is 84.3 cm³/mol. The van der Waals surface area contributed by atoms with Gasteiger partial charge in [-0.3, -0.25) is 19.5 Å². The number of carbonyl (C=O) groups is 2. The highest BCUT2D eigenvalue weighted by Gasteiger charge is 2.16. The number of nitrogens with zero attached hydrogens (tertiary/aromatic N) is 2. The molecule has 2 heterocycles. The molecule has 0 radical (unpaired) electrons. The summed E-state index contributed by atoms with van der Waals surface area (Å²) in [6.45, 7) is 1.31. The molecule has 3 aromatic rings. The number of carbonyl (C=O) groups excluding carboxylic acids is 2. The Labute approximate surface area is 131 Å². The number of Topliss-reactive ketones (excluding diaryl/α,β-unsaturated/α-hetero) is 1. The number of ketones is 1. The average molecular weight is 310 g/mol. The van der Waals surface area contributed by atoms with Crippen LogP contribution in [0.4, 0.5) is 0 Å². The van der Waals surface area contributed by atoms with E-state index >= 15 is 0 Å². The van der Waals surface area contributed by atoms with Crippen molar-refractivity contribution in [2.45, 2.75) is 6.92 Å². The van der Waals surface area contributed by atoms with Crippen LogP contribution >= 0.6 is 0 Å². The molecule has 23 heavy (non-hydrogen) atoms. The summed E-state index contributed by atoms with van der Waals surface area (Å²) in [4.78, 5) is 39.7. The first-order valence-corrected chi connectivity index (χ1v) is 7.00. The molecule has 0 aliphatic carbocycles. The van der Waals surface area contributed by atoms with Gasteiger partial charge in [-0.25, -0.2) is 9.50 Å². The van der Waals surface area contributed by atoms with Crippen LogP contribution in [0, 0.1) is 0 Å². The normalized spacial score (nSPS) is 10.7. The maximum atomic E-state index is 12.2. The number of rotatable bonds is 4. The standard InChI is InChI=1S/C16H14N4O3/c1-10(21)8-17-16(23)12-9-18-20-14(22)7-13(19-15(12)20)11-5-3-2-4-6-11/h2-7,9,18H,8H2,1H3,(H,17,23). The van der Waals surface area contributed by atoms with Gasteiger partial charge in [-0.05, 0) is 6.92 Å². The van der Waals surface area contributed by atoms with E-state index in [9.17, 15) is 14.4 Å². The quantitative estimate of drug-likeness (QED) is 0.751. The third-order valence-electron chi connectivity index (χ3n) is 3.31. The number of H-pyrrole nitrogens is 1. The van der Waals surface area contributed by atoms with Crippen LogP contribution in [0.15, 0.2) is 47.4 Å². The number of aromatic nitrogens is 3. The maximum Gasteiger partial charge on any atom is 0.273 e. The molecule has 1 aromatic carbocycles. The molecule has 7 nitrogen and oxygen atoms in total. The number of nitrogens with one attached hydrogen (secondary N) is 2. The molecule has 0 fully saturated rings. The molecule has 7 heteroatoms. The molecule has 116 valence electrons. The van der Waals surface area contributed by atoms with E-state index in [0.29, 0.717) is 5.69 Å². The van der Waals surface area contributed by atoms with Crippen LogP contribution in [0.5, 0.6) is 0 Å². The van der Waals surface area contributed by atoms with Crippen LogP contribution in [0.1, 0.15) is 17.3 Å². The van der Waals surface area contributed by atoms with Gasteiger partial charge in [0.25, 0.3) is 11.5 Å². The molecule has 0 aliphatic rings. The maximum absolute atomic E-state index is 12.2. The highest BCUT2D eigenvalue weighted by molar-refractivity contribution is 6.01. The van der Waals surface area contributed by atoms with E-state index in [0.717, 1.165) is 5.56 Å². The molecule has 0 bridgehead atoms. The highest BCUT2D eigenvalue weighted by Crippen LogP contribution is 2.16. The van der Waals surface area contributed by atoms with Gasteiger partial charge in [-0.1, -0.05) is 30.3 Å². The summed E-state index contributed by atoms with van der Waals surface area (Å²) in [6.07, 6.45) is 1.40. The molecule has 0 aliphatic heterocycles. The number of amides is 1. The van der Waals surface area contributed by atoms with Gasteiger partial charge in [0.05, 0.1) is 12.2 Å². The fraction of sp³-hybridized carbons (Fsp3) is 0.125. The number of fused-ring (bicyclic) bond motifs is 1. The highest BCUT2D eigenvalue weighted by atomic mass is 16.2. The zero-order valence-electron chi connectivity index (χ0n) is 12.4. The van der Waals surface area contributed by atoms with Crippen LogP contribution in [0.2, 0.25) is 0 Å². The second-order valence-electron chi connectivity index (χ2n) is 5.08. The molecule has 2 N–H and O–H groups in total. The van der Waals surface area contributed by atoms with Crippen molar-refractivity contribution in [3.05, 3.63) is 58.5 Å². The van der Waals surface area contributed by atoms with Gasteiger partial charge < -0.3 is 5.32 Å². The smallest absolute Gasteiger partial charge is 0.273 e. The zero-order chi connectivity index (χ0) is 16.4. The van der Waals surface area contributed by atoms with E-state index in [-0.39, 0.29) is 29.1 Å². The van der Waals surface area contributed by atoms with Crippen molar-refractivity contribution in [3.8, 4) is 11.3 Å². The van der Waals surface area contributed by atoms with Crippen molar-refractivity contribution < 1.29 is 9.59 Å². The summed E-state index contributed by atoms with van der Waals surface area (Å²) in [5.74, 6) is -0.621. The Hall–Kier alpha value is -3.22. The molecule has 0 unspecified atom stereocenters. The number of aromatic amines is 1. The molecule has 0 spiro atoms. The van der Waals surface area contributed by atoms with Gasteiger partial charge in [0.1, 0.15) is 11.3 Å². The summed E-state index contributed by atoms with van der Waals surface area (Å²) in [5, 5.41) is 5.19. The molecule has 2 aromatic heterocycles. The molecule has 3 rings (SSSR count). The Morgan fingerprint density at radius 3 is 2.70 bits per heavy atom. The summed E-state index contributed by atoms with van der Waals surface area (Å²) in [7, 11) is 0. The SMILES string of the molecule is CC(=O)CNC(=O)c1c[nH]n2c(=O)cc(-c3ccccc3)nc12. The van der Waals surface area contributed by atoms with E-state index in [2.05, 4.69) is 15.4 Å². The zero-order valence-corrected chi connectivity index (χ0v) is 12.4. The van der Waals surface area contributed by atoms with E-state index < -0.39 is 5.91 Å². The predicted octanol–water partition coefficient (Wildman–Crippen LogP) is 1.01. The Morgan fingerprint density at radius 2 is 2.00 bits per heavy atom. The van der Waals surface area contributed by atoms with Crippen molar-refractivity contribution in [1.29, 1.82) is 0 Å². The van der Waals surface area contributed by atoms with Crippen molar-refractivity contribution in [3.63, 3.8) is 0 Å². The van der Waals surface area contributed by atoms with Crippen LogP contribution in [-0.2, 0) is 4.79 Å². The minimum atomic E-state index is -0.462. The van der Waals surface area contributed by atoms with Gasteiger partial charge >= 0.3 is 0 Å². The summed E-state index contributed by atoms with van der Waals surface area (Å²) in [5.41, 5.74) is 1.37. The second-order valence-corrected chi connectivity index (χ2v) is 5.08. The van der Waals surface area contributed by atoms with Crippen LogP contribution in [0.3, 0.4) is 0 Å². The molecule has 0 saturated heterocycles. The molecule has 1 amide bonds. The third kappa shape index (κ3) is 2.89. The lowest BCUT2D eigenvalue weighted by molar-refractivity contribution is -0.116. The fourth-order valence-electron chi connectivity index (χ4n) is 2.21. The molecule has 0 saturated carbocycles. The topological polar surface area (TPSA) is 96.3 Å².